The average molecular weight is 417 g/mol. The minimum Gasteiger partial charge on any atom is -0.356 e. The Bertz CT molecular complexity index is 1070. The first kappa shape index (κ1) is 20.7. The summed E-state index contributed by atoms with van der Waals surface area (Å²) in [7, 11) is 0. The lowest BCUT2D eigenvalue weighted by atomic mass is 10.1. The summed E-state index contributed by atoms with van der Waals surface area (Å²) in [6.45, 7) is 7.97. The summed E-state index contributed by atoms with van der Waals surface area (Å²) >= 11 is 0. The van der Waals surface area contributed by atoms with Gasteiger partial charge in [0.2, 0.25) is 0 Å². The normalized spacial score (nSPS) is 13.2. The van der Waals surface area contributed by atoms with Crippen LogP contribution >= 0.6 is 0 Å². The van der Waals surface area contributed by atoms with Gasteiger partial charge in [0, 0.05) is 36.2 Å². The third-order valence-electron chi connectivity index (χ3n) is 5.31. The van der Waals surface area contributed by atoms with E-state index in [1.165, 1.54) is 12.8 Å². The fourth-order valence-electron chi connectivity index (χ4n) is 3.66. The number of nitrogens with zero attached hydrogens (tertiary/aromatic N) is 3. The number of benzene rings is 2. The Kier molecular flexibility index (Phi) is 6.02. The summed E-state index contributed by atoms with van der Waals surface area (Å²) in [5, 5.41) is 9.12. The molecule has 0 radical (unpaired) electrons. The third kappa shape index (κ3) is 5.31. The van der Waals surface area contributed by atoms with Gasteiger partial charge in [-0.25, -0.2) is 14.8 Å². The topological polar surface area (TPSA) is 82.2 Å². The van der Waals surface area contributed by atoms with Crippen LogP contribution < -0.4 is 20.9 Å². The number of carbonyl (C=O) groups is 1. The maximum Gasteiger partial charge on any atom is 0.323 e. The number of carbonyl (C=O) groups excluding carboxylic acids is 1. The smallest absolute Gasteiger partial charge is 0.323 e. The van der Waals surface area contributed by atoms with Crippen molar-refractivity contribution in [3.05, 3.63) is 65.5 Å². The van der Waals surface area contributed by atoms with Gasteiger partial charge >= 0.3 is 6.03 Å². The number of rotatable bonds is 5. The van der Waals surface area contributed by atoms with E-state index in [1.807, 2.05) is 69.3 Å². The first-order valence-electron chi connectivity index (χ1n) is 10.6. The van der Waals surface area contributed by atoms with Crippen LogP contribution in [-0.4, -0.2) is 29.1 Å². The highest BCUT2D eigenvalue weighted by molar-refractivity contribution is 6.00. The number of aryl methyl sites for hydroxylation is 3. The van der Waals surface area contributed by atoms with E-state index in [-0.39, 0.29) is 6.03 Å². The molecule has 2 heterocycles. The average Bonchev–Trinajstić information content (AvgIpc) is 3.27. The van der Waals surface area contributed by atoms with Gasteiger partial charge in [-0.05, 0) is 75.1 Å². The predicted molar refractivity (Wildman–Crippen MR) is 126 cm³/mol. The molecule has 3 aromatic rings. The van der Waals surface area contributed by atoms with Crippen LogP contribution in [0.15, 0.2) is 48.5 Å². The minimum absolute atomic E-state index is 0.268. The maximum absolute atomic E-state index is 12.4. The van der Waals surface area contributed by atoms with Gasteiger partial charge in [-0.1, -0.05) is 12.1 Å². The number of amides is 2. The van der Waals surface area contributed by atoms with E-state index in [0.29, 0.717) is 5.69 Å². The fourth-order valence-corrected chi connectivity index (χ4v) is 3.66. The molecule has 3 N–H and O–H groups in total. The Hall–Kier alpha value is -3.61. The van der Waals surface area contributed by atoms with Crippen LogP contribution in [0.5, 0.6) is 0 Å². The molecule has 0 atom stereocenters. The highest BCUT2D eigenvalue weighted by Crippen LogP contribution is 2.24. The van der Waals surface area contributed by atoms with E-state index >= 15 is 0 Å². The molecule has 1 fully saturated rings. The van der Waals surface area contributed by atoms with Crippen molar-refractivity contribution >= 4 is 34.7 Å². The minimum atomic E-state index is -0.268. The van der Waals surface area contributed by atoms with Gasteiger partial charge in [-0.15, -0.1) is 0 Å². The summed E-state index contributed by atoms with van der Waals surface area (Å²) in [6.07, 6.45) is 2.41. The zero-order valence-electron chi connectivity index (χ0n) is 18.2. The van der Waals surface area contributed by atoms with Crippen LogP contribution in [0.2, 0.25) is 0 Å². The summed E-state index contributed by atoms with van der Waals surface area (Å²) in [5.41, 5.74) is 4.54. The highest BCUT2D eigenvalue weighted by atomic mass is 16.2. The number of hydrogen-bond acceptors (Lipinski definition) is 5. The molecule has 1 saturated heterocycles. The highest BCUT2D eigenvalue weighted by Gasteiger charge is 2.15. The molecule has 0 spiro atoms. The lowest BCUT2D eigenvalue weighted by molar-refractivity contribution is 0.262. The molecule has 0 bridgehead atoms. The summed E-state index contributed by atoms with van der Waals surface area (Å²) < 4.78 is 0. The molecular formula is C24H28N6O. The van der Waals surface area contributed by atoms with Crippen LogP contribution in [0.1, 0.15) is 29.8 Å². The van der Waals surface area contributed by atoms with Crippen molar-refractivity contribution in [2.24, 2.45) is 0 Å². The Morgan fingerprint density at radius 1 is 0.871 bits per heavy atom. The van der Waals surface area contributed by atoms with E-state index in [9.17, 15) is 4.79 Å². The first-order valence-corrected chi connectivity index (χ1v) is 10.6. The molecule has 2 aromatic carbocycles. The standard InChI is InChI=1S/C24H28N6O/c1-16-6-7-17(2)21(14-16)29-24(31)28-20-10-8-19(9-11-20)27-22-15-23(26-18(3)25-22)30-12-4-5-13-30/h6-11,14-15H,4-5,12-13H2,1-3H3,(H,25,26,27)(H2,28,29,31). The molecule has 0 saturated carbocycles. The SMILES string of the molecule is Cc1ccc(C)c(NC(=O)Nc2ccc(Nc3cc(N4CCCC4)nc(C)n3)cc2)c1. The number of urea groups is 1. The van der Waals surface area contributed by atoms with Crippen molar-refractivity contribution < 1.29 is 4.79 Å². The zero-order chi connectivity index (χ0) is 21.8. The van der Waals surface area contributed by atoms with Gasteiger partial charge in [-0.3, -0.25) is 0 Å². The van der Waals surface area contributed by atoms with Crippen molar-refractivity contribution in [2.75, 3.05) is 33.9 Å². The van der Waals surface area contributed by atoms with Crippen molar-refractivity contribution in [1.29, 1.82) is 0 Å². The Labute approximate surface area is 182 Å². The molecule has 1 aliphatic heterocycles. The number of nitrogens with one attached hydrogen (secondary N) is 3. The van der Waals surface area contributed by atoms with Crippen molar-refractivity contribution in [3.8, 4) is 0 Å². The Morgan fingerprint density at radius 2 is 1.58 bits per heavy atom. The second-order valence-corrected chi connectivity index (χ2v) is 7.95. The van der Waals surface area contributed by atoms with Crippen LogP contribution in [-0.2, 0) is 0 Å². The van der Waals surface area contributed by atoms with E-state index in [2.05, 4.69) is 30.8 Å². The molecule has 0 aliphatic carbocycles. The van der Waals surface area contributed by atoms with Gasteiger partial charge in [0.05, 0.1) is 0 Å². The molecule has 160 valence electrons. The van der Waals surface area contributed by atoms with E-state index in [1.54, 1.807) is 0 Å². The molecule has 1 aliphatic rings. The second-order valence-electron chi connectivity index (χ2n) is 7.95. The molecule has 7 heteroatoms. The summed E-state index contributed by atoms with van der Waals surface area (Å²) in [4.78, 5) is 23.7. The van der Waals surface area contributed by atoms with E-state index < -0.39 is 0 Å². The third-order valence-corrected chi connectivity index (χ3v) is 5.31. The Morgan fingerprint density at radius 3 is 2.32 bits per heavy atom. The molecule has 4 rings (SSSR count). The number of anilines is 5. The van der Waals surface area contributed by atoms with Crippen molar-refractivity contribution in [3.63, 3.8) is 0 Å². The predicted octanol–water partition coefficient (Wildman–Crippen LogP) is 5.39. The Balaban J connectivity index is 1.39. The van der Waals surface area contributed by atoms with Crippen LogP contribution in [0, 0.1) is 20.8 Å². The number of hydrogen-bond donors (Lipinski definition) is 3. The van der Waals surface area contributed by atoms with Gasteiger partial charge in [-0.2, -0.15) is 0 Å². The van der Waals surface area contributed by atoms with E-state index in [4.69, 9.17) is 0 Å². The molecule has 2 amide bonds. The van der Waals surface area contributed by atoms with Crippen LogP contribution in [0.25, 0.3) is 0 Å². The number of aromatic nitrogens is 2. The molecular weight excluding hydrogens is 388 g/mol. The zero-order valence-corrected chi connectivity index (χ0v) is 18.2. The largest absolute Gasteiger partial charge is 0.356 e. The summed E-state index contributed by atoms with van der Waals surface area (Å²) in [6, 6.07) is 15.3. The lowest BCUT2D eigenvalue weighted by Crippen LogP contribution is -2.20. The maximum atomic E-state index is 12.4. The molecule has 0 unspecified atom stereocenters. The van der Waals surface area contributed by atoms with Gasteiger partial charge in [0.1, 0.15) is 17.5 Å². The quantitative estimate of drug-likeness (QED) is 0.519. The van der Waals surface area contributed by atoms with Gasteiger partial charge in [0.25, 0.3) is 0 Å². The second kappa shape index (κ2) is 9.04. The molecule has 7 nitrogen and oxygen atoms in total. The van der Waals surface area contributed by atoms with E-state index in [0.717, 1.165) is 53.1 Å². The van der Waals surface area contributed by atoms with Crippen LogP contribution in [0.4, 0.5) is 33.5 Å². The monoisotopic (exact) mass is 416 g/mol. The van der Waals surface area contributed by atoms with Gasteiger partial charge in [0.15, 0.2) is 0 Å². The van der Waals surface area contributed by atoms with Crippen molar-refractivity contribution in [2.45, 2.75) is 33.6 Å². The fraction of sp³-hybridized carbons (Fsp3) is 0.292. The lowest BCUT2D eigenvalue weighted by Gasteiger charge is -2.18. The first-order chi connectivity index (χ1) is 15.0. The molecule has 31 heavy (non-hydrogen) atoms. The molecule has 1 aromatic heterocycles. The van der Waals surface area contributed by atoms with Gasteiger partial charge < -0.3 is 20.9 Å². The van der Waals surface area contributed by atoms with Crippen molar-refractivity contribution in [1.82, 2.24) is 9.97 Å². The summed E-state index contributed by atoms with van der Waals surface area (Å²) in [5.74, 6) is 2.48. The van der Waals surface area contributed by atoms with Crippen LogP contribution in [0.3, 0.4) is 0 Å².